The largest absolute Gasteiger partial charge is 0.497 e. The Morgan fingerprint density at radius 1 is 1.25 bits per heavy atom. The fraction of sp³-hybridized carbons (Fsp3) is 0.278. The third-order valence-electron chi connectivity index (χ3n) is 4.02. The summed E-state index contributed by atoms with van der Waals surface area (Å²) in [5.74, 6) is 0.464. The van der Waals surface area contributed by atoms with Crippen molar-refractivity contribution in [2.45, 2.75) is 25.5 Å². The van der Waals surface area contributed by atoms with E-state index in [1.807, 2.05) is 12.1 Å². The van der Waals surface area contributed by atoms with Gasteiger partial charge in [-0.1, -0.05) is 12.1 Å². The summed E-state index contributed by atoms with van der Waals surface area (Å²) in [6.07, 6.45) is 3.61. The van der Waals surface area contributed by atoms with Crippen LogP contribution in [-0.4, -0.2) is 33.8 Å². The molecule has 1 atom stereocenters. The summed E-state index contributed by atoms with van der Waals surface area (Å²) >= 11 is 0. The zero-order valence-corrected chi connectivity index (χ0v) is 13.6. The van der Waals surface area contributed by atoms with Crippen LogP contribution in [0.1, 0.15) is 24.5 Å². The van der Waals surface area contributed by atoms with Crippen LogP contribution in [-0.2, 0) is 16.9 Å². The minimum Gasteiger partial charge on any atom is -0.497 e. The van der Waals surface area contributed by atoms with E-state index >= 15 is 0 Å². The highest BCUT2D eigenvalue weighted by Gasteiger charge is 2.44. The summed E-state index contributed by atoms with van der Waals surface area (Å²) in [7, 11) is 1.59. The zero-order chi connectivity index (χ0) is 17.2. The van der Waals surface area contributed by atoms with E-state index in [9.17, 15) is 9.90 Å². The monoisotopic (exact) mass is 325 g/mol. The first kappa shape index (κ1) is 16.1. The third kappa shape index (κ3) is 3.00. The number of benzene rings is 1. The molecule has 0 fully saturated rings. The molecule has 2 heterocycles. The quantitative estimate of drug-likeness (QED) is 0.934. The highest BCUT2D eigenvalue weighted by molar-refractivity contribution is 5.89. The Bertz CT molecular complexity index is 759. The van der Waals surface area contributed by atoms with Crippen molar-refractivity contribution in [1.29, 1.82) is 0 Å². The lowest BCUT2D eigenvalue weighted by Crippen LogP contribution is -2.44. The standard InChI is InChI=1S/C18H19N3O3/c1-13-12-18(23,15-7-9-19-10-8-15)21(20-13)17(22)11-14-3-5-16(24-2)6-4-14/h3-10,23H,11-12H2,1-2H3. The third-order valence-corrected chi connectivity index (χ3v) is 4.02. The molecule has 0 spiro atoms. The van der Waals surface area contributed by atoms with E-state index in [0.717, 1.165) is 11.3 Å². The van der Waals surface area contributed by atoms with Crippen LogP contribution in [0.2, 0.25) is 0 Å². The molecule has 0 radical (unpaired) electrons. The summed E-state index contributed by atoms with van der Waals surface area (Å²) in [5, 5.41) is 16.5. The second kappa shape index (κ2) is 6.41. The van der Waals surface area contributed by atoms with Crippen LogP contribution in [0.3, 0.4) is 0 Å². The fourth-order valence-corrected chi connectivity index (χ4v) is 2.82. The van der Waals surface area contributed by atoms with Gasteiger partial charge >= 0.3 is 0 Å². The number of rotatable bonds is 4. The molecule has 3 rings (SSSR count). The minimum atomic E-state index is -1.46. The highest BCUT2D eigenvalue weighted by atomic mass is 16.5. The van der Waals surface area contributed by atoms with Crippen LogP contribution >= 0.6 is 0 Å². The van der Waals surface area contributed by atoms with E-state index in [4.69, 9.17) is 4.74 Å². The second-order valence-electron chi connectivity index (χ2n) is 5.79. The van der Waals surface area contributed by atoms with Gasteiger partial charge in [0.1, 0.15) is 5.75 Å². The number of hydrogen-bond donors (Lipinski definition) is 1. The lowest BCUT2D eigenvalue weighted by molar-refractivity contribution is -0.157. The van der Waals surface area contributed by atoms with Crippen LogP contribution in [0, 0.1) is 0 Å². The van der Waals surface area contributed by atoms with E-state index in [0.29, 0.717) is 11.3 Å². The van der Waals surface area contributed by atoms with Gasteiger partial charge in [-0.3, -0.25) is 9.78 Å². The molecule has 1 N–H and O–H groups in total. The molecule has 0 saturated carbocycles. The van der Waals surface area contributed by atoms with E-state index in [1.54, 1.807) is 50.7 Å². The van der Waals surface area contributed by atoms with Crippen molar-refractivity contribution >= 4 is 11.6 Å². The molecule has 1 aromatic heterocycles. The van der Waals surface area contributed by atoms with Gasteiger partial charge in [-0.05, 0) is 36.8 Å². The first-order chi connectivity index (χ1) is 11.5. The van der Waals surface area contributed by atoms with Crippen molar-refractivity contribution in [2.75, 3.05) is 7.11 Å². The van der Waals surface area contributed by atoms with E-state index in [-0.39, 0.29) is 18.7 Å². The molecule has 0 aliphatic carbocycles. The lowest BCUT2D eigenvalue weighted by Gasteiger charge is -2.31. The van der Waals surface area contributed by atoms with Crippen molar-refractivity contribution in [3.8, 4) is 5.75 Å². The maximum atomic E-state index is 12.7. The van der Waals surface area contributed by atoms with Crippen molar-refractivity contribution in [3.05, 3.63) is 59.9 Å². The Hall–Kier alpha value is -2.73. The molecule has 24 heavy (non-hydrogen) atoms. The number of carbonyl (C=O) groups is 1. The van der Waals surface area contributed by atoms with E-state index in [1.165, 1.54) is 5.01 Å². The predicted molar refractivity (Wildman–Crippen MR) is 89.4 cm³/mol. The Balaban J connectivity index is 1.83. The Kier molecular flexibility index (Phi) is 4.31. The van der Waals surface area contributed by atoms with Crippen LogP contribution in [0.15, 0.2) is 53.9 Å². The molecule has 6 heteroatoms. The molecule has 1 aliphatic heterocycles. The van der Waals surface area contributed by atoms with Gasteiger partial charge in [-0.15, -0.1) is 0 Å². The minimum absolute atomic E-state index is 0.147. The van der Waals surface area contributed by atoms with Crippen molar-refractivity contribution in [2.24, 2.45) is 5.10 Å². The van der Waals surface area contributed by atoms with Crippen molar-refractivity contribution in [1.82, 2.24) is 9.99 Å². The number of carbonyl (C=O) groups excluding carboxylic acids is 1. The fourth-order valence-electron chi connectivity index (χ4n) is 2.82. The molecular weight excluding hydrogens is 306 g/mol. The van der Waals surface area contributed by atoms with Crippen LogP contribution in [0.25, 0.3) is 0 Å². The molecule has 6 nitrogen and oxygen atoms in total. The average Bonchev–Trinajstić information content (AvgIpc) is 2.92. The SMILES string of the molecule is COc1ccc(CC(=O)N2N=C(C)CC2(O)c2ccncc2)cc1. The molecule has 0 bridgehead atoms. The summed E-state index contributed by atoms with van der Waals surface area (Å²) in [4.78, 5) is 16.7. The zero-order valence-electron chi connectivity index (χ0n) is 13.6. The van der Waals surface area contributed by atoms with Crippen molar-refractivity contribution < 1.29 is 14.6 Å². The van der Waals surface area contributed by atoms with E-state index in [2.05, 4.69) is 10.1 Å². The lowest BCUT2D eigenvalue weighted by atomic mass is 9.98. The predicted octanol–water partition coefficient (Wildman–Crippen LogP) is 2.09. The van der Waals surface area contributed by atoms with Gasteiger partial charge in [-0.2, -0.15) is 10.1 Å². The average molecular weight is 325 g/mol. The second-order valence-corrected chi connectivity index (χ2v) is 5.79. The van der Waals surface area contributed by atoms with Crippen LogP contribution < -0.4 is 4.74 Å². The van der Waals surface area contributed by atoms with Gasteiger partial charge < -0.3 is 9.84 Å². The molecule has 1 unspecified atom stereocenters. The van der Waals surface area contributed by atoms with Crippen LogP contribution in [0.4, 0.5) is 0 Å². The topological polar surface area (TPSA) is 75.0 Å². The number of aromatic nitrogens is 1. The molecular formula is C18H19N3O3. The number of methoxy groups -OCH3 is 1. The van der Waals surface area contributed by atoms with Gasteiger partial charge in [0.2, 0.25) is 5.91 Å². The number of amides is 1. The number of aliphatic hydroxyl groups is 1. The van der Waals surface area contributed by atoms with Gasteiger partial charge in [-0.25, -0.2) is 0 Å². The maximum Gasteiger partial charge on any atom is 0.250 e. The number of nitrogens with zero attached hydrogens (tertiary/aromatic N) is 3. The molecule has 0 saturated heterocycles. The van der Waals surface area contributed by atoms with Crippen LogP contribution in [0.5, 0.6) is 5.75 Å². The summed E-state index contributed by atoms with van der Waals surface area (Å²) < 4.78 is 5.12. The highest BCUT2D eigenvalue weighted by Crippen LogP contribution is 2.35. The normalized spacial score (nSPS) is 20.0. The molecule has 1 aromatic carbocycles. The smallest absolute Gasteiger partial charge is 0.250 e. The maximum absolute atomic E-state index is 12.7. The summed E-state index contributed by atoms with van der Waals surface area (Å²) in [5.41, 5.74) is 0.674. The molecule has 1 aliphatic rings. The number of hydrazone groups is 1. The first-order valence-corrected chi connectivity index (χ1v) is 7.66. The summed E-state index contributed by atoms with van der Waals surface area (Å²) in [6, 6.07) is 10.7. The van der Waals surface area contributed by atoms with Gasteiger partial charge in [0.05, 0.1) is 13.5 Å². The van der Waals surface area contributed by atoms with Gasteiger partial charge in [0, 0.05) is 30.1 Å². The molecule has 2 aromatic rings. The summed E-state index contributed by atoms with van der Waals surface area (Å²) in [6.45, 7) is 1.80. The molecule has 124 valence electrons. The van der Waals surface area contributed by atoms with Gasteiger partial charge in [0.25, 0.3) is 0 Å². The number of ether oxygens (including phenoxy) is 1. The Labute approximate surface area is 140 Å². The molecule has 1 amide bonds. The van der Waals surface area contributed by atoms with Crippen molar-refractivity contribution in [3.63, 3.8) is 0 Å². The Morgan fingerprint density at radius 3 is 2.54 bits per heavy atom. The van der Waals surface area contributed by atoms with Gasteiger partial charge in [0.15, 0.2) is 5.72 Å². The van der Waals surface area contributed by atoms with E-state index < -0.39 is 5.72 Å². The number of pyridine rings is 1. The number of hydrogen-bond acceptors (Lipinski definition) is 5. The first-order valence-electron chi connectivity index (χ1n) is 7.66. The Morgan fingerprint density at radius 2 is 1.92 bits per heavy atom.